The summed E-state index contributed by atoms with van der Waals surface area (Å²) in [5.41, 5.74) is 3.32. The molecule has 0 saturated carbocycles. The molecular formula is C21H26ClFN2O. The van der Waals surface area contributed by atoms with Gasteiger partial charge in [-0.2, -0.15) is 0 Å². The number of carbonyl (C=O) groups excluding carboxylic acids is 1. The normalized spacial score (nSPS) is 11.1. The van der Waals surface area contributed by atoms with Crippen molar-refractivity contribution in [3.8, 4) is 0 Å². The van der Waals surface area contributed by atoms with Crippen molar-refractivity contribution in [2.45, 2.75) is 46.1 Å². The first-order chi connectivity index (χ1) is 12.2. The Hall–Kier alpha value is -2.07. The number of rotatable bonds is 5. The van der Waals surface area contributed by atoms with Gasteiger partial charge in [-0.25, -0.2) is 9.18 Å². The highest BCUT2D eigenvalue weighted by Crippen LogP contribution is 2.32. The molecule has 2 aromatic rings. The number of benzene rings is 2. The van der Waals surface area contributed by atoms with Crippen molar-refractivity contribution in [1.82, 2.24) is 4.90 Å². The summed E-state index contributed by atoms with van der Waals surface area (Å²) < 4.78 is 14.0. The fourth-order valence-corrected chi connectivity index (χ4v) is 3.11. The second-order valence-corrected chi connectivity index (χ2v) is 7.51. The third-order valence-electron chi connectivity index (χ3n) is 4.41. The summed E-state index contributed by atoms with van der Waals surface area (Å²) in [5, 5.41) is 3.34. The van der Waals surface area contributed by atoms with E-state index in [0.717, 1.165) is 16.8 Å². The van der Waals surface area contributed by atoms with Crippen LogP contribution in [0.3, 0.4) is 0 Å². The van der Waals surface area contributed by atoms with Crippen LogP contribution in [-0.2, 0) is 6.54 Å². The third kappa shape index (κ3) is 4.55. The Kier molecular flexibility index (Phi) is 6.65. The summed E-state index contributed by atoms with van der Waals surface area (Å²) in [5.74, 6) is 0.133. The zero-order valence-electron chi connectivity index (χ0n) is 15.9. The lowest BCUT2D eigenvalue weighted by Gasteiger charge is -2.24. The Morgan fingerprint density at radius 1 is 1.08 bits per heavy atom. The van der Waals surface area contributed by atoms with Gasteiger partial charge in [0.2, 0.25) is 0 Å². The molecule has 2 rings (SSSR count). The fourth-order valence-electron chi connectivity index (χ4n) is 2.89. The number of carbonyl (C=O) groups is 1. The van der Waals surface area contributed by atoms with E-state index in [1.165, 1.54) is 11.0 Å². The van der Waals surface area contributed by atoms with E-state index in [4.69, 9.17) is 11.6 Å². The van der Waals surface area contributed by atoms with Crippen molar-refractivity contribution in [2.75, 3.05) is 12.4 Å². The maximum absolute atomic E-state index is 14.0. The highest BCUT2D eigenvalue weighted by molar-refractivity contribution is 6.31. The SMILES string of the molecule is CC(C)c1cccc(C(C)C)c1NC(=O)N(C)Cc1c(F)cccc1Cl. The van der Waals surface area contributed by atoms with Crippen molar-refractivity contribution < 1.29 is 9.18 Å². The Balaban J connectivity index is 2.27. The van der Waals surface area contributed by atoms with E-state index >= 15 is 0 Å². The summed E-state index contributed by atoms with van der Waals surface area (Å²) in [6, 6.07) is 10.3. The summed E-state index contributed by atoms with van der Waals surface area (Å²) >= 11 is 6.07. The molecule has 0 aliphatic rings. The Morgan fingerprint density at radius 2 is 1.62 bits per heavy atom. The van der Waals surface area contributed by atoms with Crippen LogP contribution in [0.5, 0.6) is 0 Å². The Labute approximate surface area is 160 Å². The molecule has 0 fully saturated rings. The van der Waals surface area contributed by atoms with Crippen LogP contribution in [0.4, 0.5) is 14.9 Å². The quantitative estimate of drug-likeness (QED) is 0.644. The lowest BCUT2D eigenvalue weighted by molar-refractivity contribution is 0.220. The van der Waals surface area contributed by atoms with E-state index in [0.29, 0.717) is 10.6 Å². The molecule has 2 amide bonds. The zero-order valence-corrected chi connectivity index (χ0v) is 16.7. The summed E-state index contributed by atoms with van der Waals surface area (Å²) in [4.78, 5) is 14.2. The van der Waals surface area contributed by atoms with E-state index in [-0.39, 0.29) is 24.4 Å². The zero-order chi connectivity index (χ0) is 19.4. The molecule has 0 bridgehead atoms. The summed E-state index contributed by atoms with van der Waals surface area (Å²) in [6.45, 7) is 8.48. The largest absolute Gasteiger partial charge is 0.323 e. The number of hydrogen-bond acceptors (Lipinski definition) is 1. The van der Waals surface area contributed by atoms with E-state index in [9.17, 15) is 9.18 Å². The topological polar surface area (TPSA) is 32.3 Å². The molecule has 0 atom stereocenters. The van der Waals surface area contributed by atoms with Crippen LogP contribution in [-0.4, -0.2) is 18.0 Å². The molecule has 0 saturated heterocycles. The highest BCUT2D eigenvalue weighted by atomic mass is 35.5. The molecule has 0 aromatic heterocycles. The highest BCUT2D eigenvalue weighted by Gasteiger charge is 2.19. The average molecular weight is 377 g/mol. The molecule has 0 radical (unpaired) electrons. The first-order valence-electron chi connectivity index (χ1n) is 8.80. The fraction of sp³-hybridized carbons (Fsp3) is 0.381. The number of hydrogen-bond donors (Lipinski definition) is 1. The summed E-state index contributed by atoms with van der Waals surface area (Å²) in [6.07, 6.45) is 0. The predicted molar refractivity (Wildman–Crippen MR) is 107 cm³/mol. The maximum atomic E-state index is 14.0. The van der Waals surface area contributed by atoms with Crippen molar-refractivity contribution >= 4 is 23.3 Å². The van der Waals surface area contributed by atoms with Gasteiger partial charge in [-0.15, -0.1) is 0 Å². The van der Waals surface area contributed by atoms with Gasteiger partial charge in [0.1, 0.15) is 5.82 Å². The van der Waals surface area contributed by atoms with Gasteiger partial charge >= 0.3 is 6.03 Å². The number of nitrogens with one attached hydrogen (secondary N) is 1. The molecule has 0 unspecified atom stereocenters. The van der Waals surface area contributed by atoms with Crippen molar-refractivity contribution in [3.05, 3.63) is 63.9 Å². The molecule has 2 aromatic carbocycles. The van der Waals surface area contributed by atoms with Gasteiger partial charge < -0.3 is 10.2 Å². The number of amides is 2. The van der Waals surface area contributed by atoms with Crippen LogP contribution >= 0.6 is 11.6 Å². The minimum Gasteiger partial charge on any atom is -0.323 e. The van der Waals surface area contributed by atoms with Gasteiger partial charge in [-0.3, -0.25) is 0 Å². The number of halogens is 2. The molecule has 3 nitrogen and oxygen atoms in total. The molecule has 26 heavy (non-hydrogen) atoms. The van der Waals surface area contributed by atoms with Crippen LogP contribution in [0.2, 0.25) is 5.02 Å². The number of urea groups is 1. The molecule has 0 heterocycles. The first-order valence-corrected chi connectivity index (χ1v) is 9.18. The minimum atomic E-state index is -0.414. The monoisotopic (exact) mass is 376 g/mol. The smallest absolute Gasteiger partial charge is 0.321 e. The average Bonchev–Trinajstić information content (AvgIpc) is 2.57. The van der Waals surface area contributed by atoms with Gasteiger partial charge in [-0.05, 0) is 35.1 Å². The molecule has 5 heteroatoms. The molecule has 140 valence electrons. The number of anilines is 1. The number of para-hydroxylation sites is 1. The Morgan fingerprint density at radius 3 is 2.12 bits per heavy atom. The van der Waals surface area contributed by atoms with Crippen molar-refractivity contribution in [2.24, 2.45) is 0 Å². The van der Waals surface area contributed by atoms with Crippen LogP contribution in [0.15, 0.2) is 36.4 Å². The molecule has 0 aliphatic heterocycles. The molecule has 0 spiro atoms. The number of nitrogens with zero attached hydrogens (tertiary/aromatic N) is 1. The van der Waals surface area contributed by atoms with E-state index in [1.54, 1.807) is 19.2 Å². The predicted octanol–water partition coefficient (Wildman–Crippen LogP) is 6.39. The van der Waals surface area contributed by atoms with E-state index in [1.807, 2.05) is 18.2 Å². The van der Waals surface area contributed by atoms with Crippen LogP contribution in [0, 0.1) is 5.82 Å². The lowest BCUT2D eigenvalue weighted by atomic mass is 9.93. The first kappa shape index (κ1) is 20.2. The molecule has 0 aliphatic carbocycles. The van der Waals surface area contributed by atoms with Gasteiger partial charge in [0.15, 0.2) is 0 Å². The Bertz CT molecular complexity index is 743. The summed E-state index contributed by atoms with van der Waals surface area (Å²) in [7, 11) is 1.63. The minimum absolute atomic E-state index is 0.0954. The lowest BCUT2D eigenvalue weighted by Crippen LogP contribution is -2.32. The standard InChI is InChI=1S/C21H26ClFN2O/c1-13(2)15-8-6-9-16(14(3)4)20(15)24-21(26)25(5)12-17-18(22)10-7-11-19(17)23/h6-11,13-14H,12H2,1-5H3,(H,24,26). The van der Waals surface area contributed by atoms with Crippen LogP contribution in [0.25, 0.3) is 0 Å². The van der Waals surface area contributed by atoms with Gasteiger partial charge in [0.05, 0.1) is 6.54 Å². The van der Waals surface area contributed by atoms with Gasteiger partial charge in [0.25, 0.3) is 0 Å². The third-order valence-corrected chi connectivity index (χ3v) is 4.76. The van der Waals surface area contributed by atoms with Gasteiger partial charge in [-0.1, -0.05) is 63.6 Å². The maximum Gasteiger partial charge on any atom is 0.321 e. The van der Waals surface area contributed by atoms with Crippen LogP contribution < -0.4 is 5.32 Å². The van der Waals surface area contributed by atoms with Crippen molar-refractivity contribution in [3.63, 3.8) is 0 Å². The van der Waals surface area contributed by atoms with Crippen LogP contribution in [0.1, 0.15) is 56.2 Å². The molecular weight excluding hydrogens is 351 g/mol. The van der Waals surface area contributed by atoms with E-state index in [2.05, 4.69) is 33.0 Å². The second-order valence-electron chi connectivity index (χ2n) is 7.11. The molecule has 1 N–H and O–H groups in total. The van der Waals surface area contributed by atoms with Gasteiger partial charge in [0, 0.05) is 23.3 Å². The van der Waals surface area contributed by atoms with Crippen molar-refractivity contribution in [1.29, 1.82) is 0 Å². The van der Waals surface area contributed by atoms with E-state index < -0.39 is 5.82 Å². The second kappa shape index (κ2) is 8.54.